The molecule has 7 nitrogen and oxygen atoms in total. The molecule has 0 aliphatic carbocycles. The van der Waals surface area contributed by atoms with Crippen LogP contribution in [-0.2, 0) is 6.54 Å². The molecule has 0 radical (unpaired) electrons. The van der Waals surface area contributed by atoms with E-state index in [1.165, 1.54) is 16.5 Å². The first-order valence-corrected chi connectivity index (χ1v) is 14.0. The van der Waals surface area contributed by atoms with Crippen LogP contribution in [0.1, 0.15) is 39.2 Å². The molecule has 0 atom stereocenters. The number of aromatic nitrogens is 2. The van der Waals surface area contributed by atoms with E-state index >= 15 is 0 Å². The van der Waals surface area contributed by atoms with Gasteiger partial charge in [0.05, 0.1) is 0 Å². The van der Waals surface area contributed by atoms with Gasteiger partial charge in [0.15, 0.2) is 0 Å². The molecule has 0 spiro atoms. The van der Waals surface area contributed by atoms with E-state index in [9.17, 15) is 9.18 Å². The van der Waals surface area contributed by atoms with Gasteiger partial charge in [0.25, 0.3) is 5.91 Å². The predicted molar refractivity (Wildman–Crippen MR) is 156 cm³/mol. The second-order valence-corrected chi connectivity index (χ2v) is 11.0. The summed E-state index contributed by atoms with van der Waals surface area (Å²) in [4.78, 5) is 27.7. The number of amides is 1. The Bertz CT molecular complexity index is 1430. The van der Waals surface area contributed by atoms with Gasteiger partial charge in [-0.1, -0.05) is 0 Å². The molecule has 1 amide bonds. The van der Waals surface area contributed by atoms with Gasteiger partial charge in [-0.3, -0.25) is 9.69 Å². The lowest BCUT2D eigenvalue weighted by Gasteiger charge is -2.36. The Kier molecular flexibility index (Phi) is 8.18. The maximum atomic E-state index is 13.6. The average molecular weight is 545 g/mol. The summed E-state index contributed by atoms with van der Waals surface area (Å²) in [6.07, 6.45) is 3.60. The van der Waals surface area contributed by atoms with Crippen LogP contribution in [-0.4, -0.2) is 51.9 Å². The van der Waals surface area contributed by atoms with E-state index in [1.807, 2.05) is 40.5 Å². The summed E-state index contributed by atoms with van der Waals surface area (Å²) in [5.41, 5.74) is 4.11. The highest BCUT2D eigenvalue weighted by molar-refractivity contribution is 7.10. The molecule has 1 aliphatic heterocycles. The van der Waals surface area contributed by atoms with E-state index in [4.69, 9.17) is 0 Å². The van der Waals surface area contributed by atoms with Crippen LogP contribution in [0.3, 0.4) is 0 Å². The fraction of sp³-hybridized carbons (Fsp3) is 0.300. The van der Waals surface area contributed by atoms with Gasteiger partial charge in [0.1, 0.15) is 11.6 Å². The van der Waals surface area contributed by atoms with Gasteiger partial charge >= 0.3 is 0 Å². The largest absolute Gasteiger partial charge is 0.340 e. The second kappa shape index (κ2) is 11.9. The third-order valence-corrected chi connectivity index (χ3v) is 8.22. The van der Waals surface area contributed by atoms with Crippen LogP contribution in [0.2, 0.25) is 0 Å². The van der Waals surface area contributed by atoms with Crippen LogP contribution in [0.25, 0.3) is 0 Å². The number of likely N-dealkylation sites (tertiary alicyclic amines) is 1. The van der Waals surface area contributed by atoms with Crippen molar-refractivity contribution in [2.24, 2.45) is 0 Å². The second-order valence-electron chi connectivity index (χ2n) is 10.0. The van der Waals surface area contributed by atoms with Crippen LogP contribution in [0.4, 0.5) is 27.5 Å². The van der Waals surface area contributed by atoms with Crippen molar-refractivity contribution in [2.75, 3.05) is 30.8 Å². The fourth-order valence-electron chi connectivity index (χ4n) is 4.80. The summed E-state index contributed by atoms with van der Waals surface area (Å²) >= 11 is 1.81. The molecule has 0 unspecified atom stereocenters. The zero-order valence-electron chi connectivity index (χ0n) is 22.4. The number of piperidine rings is 1. The number of carbonyl (C=O) groups is 1. The van der Waals surface area contributed by atoms with E-state index < -0.39 is 0 Å². The third-order valence-electron chi connectivity index (χ3n) is 7.21. The van der Waals surface area contributed by atoms with E-state index in [0.29, 0.717) is 28.9 Å². The number of halogens is 1. The maximum Gasteiger partial charge on any atom is 0.253 e. The summed E-state index contributed by atoms with van der Waals surface area (Å²) in [5, 5.41) is 8.51. The fourth-order valence-corrected chi connectivity index (χ4v) is 5.77. The van der Waals surface area contributed by atoms with Gasteiger partial charge in [-0.15, -0.1) is 11.3 Å². The maximum absolute atomic E-state index is 13.6. The average Bonchev–Trinajstić information content (AvgIpc) is 3.35. The summed E-state index contributed by atoms with van der Waals surface area (Å²) in [7, 11) is 2.19. The summed E-state index contributed by atoms with van der Waals surface area (Å²) in [6.45, 7) is 6.37. The van der Waals surface area contributed by atoms with Crippen LogP contribution in [0.15, 0.2) is 66.2 Å². The third kappa shape index (κ3) is 6.61. The van der Waals surface area contributed by atoms with Crippen LogP contribution in [0.5, 0.6) is 0 Å². The highest BCUT2D eigenvalue weighted by Crippen LogP contribution is 2.24. The molecule has 0 saturated carbocycles. The minimum Gasteiger partial charge on any atom is -0.340 e. The summed E-state index contributed by atoms with van der Waals surface area (Å²) < 4.78 is 13.6. The molecular weight excluding hydrogens is 511 g/mol. The Morgan fingerprint density at radius 2 is 1.77 bits per heavy atom. The summed E-state index contributed by atoms with van der Waals surface area (Å²) in [5.74, 6) is 0.824. The highest BCUT2D eigenvalue weighted by Gasteiger charge is 2.26. The minimum atomic E-state index is -0.246. The highest BCUT2D eigenvalue weighted by atomic mass is 32.1. The SMILES string of the molecule is Cc1cc(Nc2ccnc(Nc3ccc(C(=O)N4CCC(N(C)Cc5sccc5C)CC4)cc3)n2)ccc1F. The molecule has 202 valence electrons. The van der Waals surface area contributed by atoms with Crippen molar-refractivity contribution >= 4 is 40.4 Å². The van der Waals surface area contributed by atoms with Crippen molar-refractivity contribution in [1.29, 1.82) is 0 Å². The number of nitrogens with one attached hydrogen (secondary N) is 2. The normalized spacial score (nSPS) is 14.0. The Morgan fingerprint density at radius 1 is 1.03 bits per heavy atom. The molecule has 4 aromatic rings. The quantitative estimate of drug-likeness (QED) is 0.263. The zero-order chi connectivity index (χ0) is 27.4. The standard InChI is InChI=1S/C30H33FN6OS/c1-20-13-17-39-27(20)19-36(3)25-11-15-37(16-12-25)29(38)22-4-6-23(7-5-22)34-30-32-14-10-28(35-30)33-24-8-9-26(31)21(2)18-24/h4-10,13-14,17-18,25H,11-12,15-16,19H2,1-3H3,(H2,32,33,34,35). The van der Waals surface area contributed by atoms with Gasteiger partial charge in [-0.05, 0) is 105 Å². The van der Waals surface area contributed by atoms with Gasteiger partial charge < -0.3 is 15.5 Å². The lowest BCUT2D eigenvalue weighted by Crippen LogP contribution is -2.45. The molecule has 3 heterocycles. The molecule has 0 bridgehead atoms. The topological polar surface area (TPSA) is 73.4 Å². The van der Waals surface area contributed by atoms with Crippen LogP contribution < -0.4 is 10.6 Å². The molecule has 1 aliphatic rings. The number of thiophene rings is 1. The Labute approximate surface area is 232 Å². The van der Waals surface area contributed by atoms with Crippen molar-refractivity contribution in [2.45, 2.75) is 39.3 Å². The molecular formula is C30H33FN6OS. The molecule has 1 fully saturated rings. The Hall–Kier alpha value is -3.82. The zero-order valence-corrected chi connectivity index (χ0v) is 23.3. The lowest BCUT2D eigenvalue weighted by atomic mass is 10.0. The molecule has 2 aromatic heterocycles. The van der Waals surface area contributed by atoms with Crippen molar-refractivity contribution in [3.8, 4) is 0 Å². The molecule has 2 N–H and O–H groups in total. The van der Waals surface area contributed by atoms with Gasteiger partial charge in [0, 0.05) is 53.7 Å². The number of hydrogen-bond donors (Lipinski definition) is 2. The summed E-state index contributed by atoms with van der Waals surface area (Å²) in [6, 6.07) is 16.6. The van der Waals surface area contributed by atoms with Gasteiger partial charge in [-0.2, -0.15) is 4.98 Å². The molecule has 5 rings (SSSR count). The minimum absolute atomic E-state index is 0.0637. The number of benzene rings is 2. The number of nitrogens with zero attached hydrogens (tertiary/aromatic N) is 4. The predicted octanol–water partition coefficient (Wildman–Crippen LogP) is 6.52. The molecule has 9 heteroatoms. The van der Waals surface area contributed by atoms with Crippen molar-refractivity contribution in [3.63, 3.8) is 0 Å². The molecule has 1 saturated heterocycles. The van der Waals surface area contributed by atoms with Crippen molar-refractivity contribution < 1.29 is 9.18 Å². The first-order valence-electron chi connectivity index (χ1n) is 13.1. The number of aryl methyl sites for hydroxylation is 2. The Morgan fingerprint density at radius 3 is 2.46 bits per heavy atom. The number of carbonyl (C=O) groups excluding carboxylic acids is 1. The Balaban J connectivity index is 1.14. The van der Waals surface area contributed by atoms with Gasteiger partial charge in [0.2, 0.25) is 5.95 Å². The monoisotopic (exact) mass is 544 g/mol. The lowest BCUT2D eigenvalue weighted by molar-refractivity contribution is 0.0640. The van der Waals surface area contributed by atoms with Crippen molar-refractivity contribution in [3.05, 3.63) is 93.6 Å². The smallest absolute Gasteiger partial charge is 0.253 e. The first kappa shape index (κ1) is 26.8. The number of anilines is 4. The van der Waals surface area contributed by atoms with E-state index in [-0.39, 0.29) is 11.7 Å². The van der Waals surface area contributed by atoms with Crippen LogP contribution >= 0.6 is 11.3 Å². The number of rotatable bonds is 8. The van der Waals surface area contributed by atoms with E-state index in [2.05, 4.69) is 50.9 Å². The van der Waals surface area contributed by atoms with Crippen LogP contribution in [0, 0.1) is 19.7 Å². The van der Waals surface area contributed by atoms with E-state index in [0.717, 1.165) is 43.9 Å². The molecule has 39 heavy (non-hydrogen) atoms. The van der Waals surface area contributed by atoms with Gasteiger partial charge in [-0.25, -0.2) is 9.37 Å². The van der Waals surface area contributed by atoms with E-state index in [1.54, 1.807) is 31.3 Å². The first-order chi connectivity index (χ1) is 18.9. The van der Waals surface area contributed by atoms with Crippen molar-refractivity contribution in [1.82, 2.24) is 19.8 Å². The number of hydrogen-bond acceptors (Lipinski definition) is 7. The molecule has 2 aromatic carbocycles.